The van der Waals surface area contributed by atoms with Gasteiger partial charge >= 0.3 is 5.97 Å². The highest BCUT2D eigenvalue weighted by Gasteiger charge is 2.30. The van der Waals surface area contributed by atoms with Gasteiger partial charge in [-0.1, -0.05) is 30.7 Å². The average molecular weight is 513 g/mol. The summed E-state index contributed by atoms with van der Waals surface area (Å²) in [4.78, 5) is 38.5. The predicted octanol–water partition coefficient (Wildman–Crippen LogP) is 5.30. The number of piperidine rings is 1. The van der Waals surface area contributed by atoms with E-state index in [0.29, 0.717) is 28.1 Å². The highest BCUT2D eigenvalue weighted by atomic mass is 16.6. The minimum atomic E-state index is -0.486. The number of nitro groups is 1. The van der Waals surface area contributed by atoms with Crippen LogP contribution in [0.1, 0.15) is 46.3 Å². The average Bonchev–Trinajstić information content (AvgIpc) is 3.27. The lowest BCUT2D eigenvalue weighted by atomic mass is 9.98. The summed E-state index contributed by atoms with van der Waals surface area (Å²) in [6.07, 6.45) is 3.75. The number of likely N-dealkylation sites (tertiary alicyclic amines) is 1. The Balaban J connectivity index is 1.53. The molecular formula is C29H28N4O5. The van der Waals surface area contributed by atoms with Crippen molar-refractivity contribution in [3.05, 3.63) is 99.1 Å². The highest BCUT2D eigenvalue weighted by molar-refractivity contribution is 6.37. The fraction of sp³-hybridized carbons (Fsp3) is 0.241. The first-order chi connectivity index (χ1) is 18.4. The molecule has 194 valence electrons. The van der Waals surface area contributed by atoms with E-state index >= 15 is 0 Å². The van der Waals surface area contributed by atoms with Gasteiger partial charge < -0.3 is 15.4 Å². The van der Waals surface area contributed by atoms with Crippen LogP contribution in [0.5, 0.6) is 0 Å². The van der Waals surface area contributed by atoms with E-state index < -0.39 is 10.9 Å². The number of hydrogen-bond acceptors (Lipinski definition) is 7. The second kappa shape index (κ2) is 10.9. The molecule has 0 bridgehead atoms. The number of methoxy groups -OCH3 is 1. The number of nitrogens with one attached hydrogen (secondary N) is 2. The van der Waals surface area contributed by atoms with Gasteiger partial charge in [-0.05, 0) is 67.4 Å². The fourth-order valence-corrected chi connectivity index (χ4v) is 4.90. The number of carbonyl (C=O) groups excluding carboxylic acids is 2. The number of benzene rings is 3. The molecule has 9 heteroatoms. The van der Waals surface area contributed by atoms with Gasteiger partial charge in [0.1, 0.15) is 0 Å². The molecule has 1 saturated heterocycles. The number of hydrogen-bond donors (Lipinski definition) is 2. The topological polar surface area (TPSA) is 114 Å². The van der Waals surface area contributed by atoms with Crippen molar-refractivity contribution in [1.29, 1.82) is 0 Å². The Morgan fingerprint density at radius 3 is 2.34 bits per heavy atom. The van der Waals surface area contributed by atoms with Crippen LogP contribution >= 0.6 is 0 Å². The van der Waals surface area contributed by atoms with E-state index in [2.05, 4.69) is 27.7 Å². The molecule has 0 spiro atoms. The summed E-state index contributed by atoms with van der Waals surface area (Å²) in [6, 6.07) is 19.0. The second-order valence-corrected chi connectivity index (χ2v) is 9.42. The van der Waals surface area contributed by atoms with Crippen molar-refractivity contribution in [2.75, 3.05) is 30.8 Å². The van der Waals surface area contributed by atoms with Crippen LogP contribution in [0, 0.1) is 10.1 Å². The zero-order valence-corrected chi connectivity index (χ0v) is 21.0. The first kappa shape index (κ1) is 25.2. The molecule has 1 fully saturated rings. The van der Waals surface area contributed by atoms with Crippen molar-refractivity contribution in [3.63, 3.8) is 0 Å². The van der Waals surface area contributed by atoms with Crippen LogP contribution in [0.2, 0.25) is 0 Å². The molecule has 0 aromatic heterocycles. The number of non-ortho nitro benzene ring substituents is 1. The quantitative estimate of drug-likeness (QED) is 0.191. The number of ether oxygens (including phenoxy) is 1. The van der Waals surface area contributed by atoms with Gasteiger partial charge in [0, 0.05) is 35.6 Å². The van der Waals surface area contributed by atoms with Crippen LogP contribution in [0.4, 0.5) is 17.1 Å². The Hall–Kier alpha value is -4.50. The monoisotopic (exact) mass is 512 g/mol. The van der Waals surface area contributed by atoms with E-state index in [4.69, 9.17) is 4.74 Å². The van der Waals surface area contributed by atoms with Crippen LogP contribution in [0.25, 0.3) is 11.3 Å². The first-order valence-corrected chi connectivity index (χ1v) is 12.5. The van der Waals surface area contributed by atoms with Crippen molar-refractivity contribution in [3.8, 4) is 0 Å². The standard InChI is InChI=1S/C29H28N4O5/c1-38-29(35)21-9-7-20(8-10-21)27(26-24-17-23(33(36)37)13-14-25(24)31-28(26)34)30-22-11-5-19(6-12-22)18-32-15-3-2-4-16-32/h5-14,17,30H,2-4,15-16,18H2,1H3,(H,31,34). The molecule has 0 aliphatic carbocycles. The van der Waals surface area contributed by atoms with E-state index in [-0.39, 0.29) is 17.2 Å². The molecule has 9 nitrogen and oxygen atoms in total. The Bertz CT molecular complexity index is 1410. The number of nitrogens with zero attached hydrogens (tertiary/aromatic N) is 2. The van der Waals surface area contributed by atoms with E-state index in [0.717, 1.165) is 25.3 Å². The van der Waals surface area contributed by atoms with Gasteiger partial charge in [0.2, 0.25) is 0 Å². The number of fused-ring (bicyclic) bond motifs is 1. The van der Waals surface area contributed by atoms with Crippen molar-refractivity contribution < 1.29 is 19.2 Å². The molecular weight excluding hydrogens is 484 g/mol. The number of nitro benzene ring substituents is 1. The van der Waals surface area contributed by atoms with Crippen molar-refractivity contribution in [2.24, 2.45) is 0 Å². The van der Waals surface area contributed by atoms with Gasteiger partial charge in [0.25, 0.3) is 11.6 Å². The summed E-state index contributed by atoms with van der Waals surface area (Å²) in [6.45, 7) is 3.11. The van der Waals surface area contributed by atoms with Gasteiger partial charge in [-0.25, -0.2) is 4.79 Å². The number of anilines is 2. The van der Waals surface area contributed by atoms with Gasteiger partial charge in [-0.3, -0.25) is 19.8 Å². The second-order valence-electron chi connectivity index (χ2n) is 9.42. The number of carbonyl (C=O) groups is 2. The molecule has 5 rings (SSSR count). The Kier molecular flexibility index (Phi) is 7.19. The Morgan fingerprint density at radius 1 is 1.00 bits per heavy atom. The highest BCUT2D eigenvalue weighted by Crippen LogP contribution is 2.39. The summed E-state index contributed by atoms with van der Waals surface area (Å²) in [5, 5.41) is 17.6. The zero-order valence-electron chi connectivity index (χ0n) is 21.0. The van der Waals surface area contributed by atoms with E-state index in [1.807, 2.05) is 12.1 Å². The van der Waals surface area contributed by atoms with E-state index in [1.54, 1.807) is 24.3 Å². The van der Waals surface area contributed by atoms with Gasteiger partial charge in [-0.15, -0.1) is 0 Å². The van der Waals surface area contributed by atoms with Crippen LogP contribution in [0.3, 0.4) is 0 Å². The van der Waals surface area contributed by atoms with Crippen LogP contribution in [-0.4, -0.2) is 41.9 Å². The maximum absolute atomic E-state index is 13.2. The first-order valence-electron chi connectivity index (χ1n) is 12.5. The van der Waals surface area contributed by atoms with Crippen molar-refractivity contribution >= 4 is 40.2 Å². The third-order valence-electron chi connectivity index (χ3n) is 6.88. The molecule has 2 aliphatic rings. The van der Waals surface area contributed by atoms with Crippen LogP contribution in [0.15, 0.2) is 66.7 Å². The summed E-state index contributed by atoms with van der Waals surface area (Å²) in [7, 11) is 1.31. The van der Waals surface area contributed by atoms with Crippen LogP contribution in [-0.2, 0) is 16.1 Å². The SMILES string of the molecule is COC(=O)c1ccc(C(Nc2ccc(CN3CCCCC3)cc2)=C2C(=O)Nc3ccc([N+](=O)[O-])cc32)cc1. The summed E-state index contributed by atoms with van der Waals surface area (Å²) >= 11 is 0. The maximum Gasteiger partial charge on any atom is 0.337 e. The molecule has 0 saturated carbocycles. The number of amides is 1. The Labute approximate surface area is 220 Å². The van der Waals surface area contributed by atoms with E-state index in [1.165, 1.54) is 50.1 Å². The smallest absolute Gasteiger partial charge is 0.337 e. The molecule has 38 heavy (non-hydrogen) atoms. The molecule has 0 unspecified atom stereocenters. The molecule has 2 heterocycles. The largest absolute Gasteiger partial charge is 0.465 e. The molecule has 3 aromatic rings. The minimum absolute atomic E-state index is 0.111. The number of esters is 1. The fourth-order valence-electron chi connectivity index (χ4n) is 4.90. The summed E-state index contributed by atoms with van der Waals surface area (Å²) < 4.78 is 4.80. The third-order valence-corrected chi connectivity index (χ3v) is 6.88. The maximum atomic E-state index is 13.2. The summed E-state index contributed by atoms with van der Waals surface area (Å²) in [5.41, 5.74) is 4.55. The van der Waals surface area contributed by atoms with Gasteiger partial charge in [0.05, 0.1) is 28.9 Å². The van der Waals surface area contributed by atoms with Crippen molar-refractivity contribution in [1.82, 2.24) is 4.90 Å². The molecule has 3 aromatic carbocycles. The molecule has 0 radical (unpaired) electrons. The number of rotatable bonds is 7. The minimum Gasteiger partial charge on any atom is -0.465 e. The molecule has 2 N–H and O–H groups in total. The molecule has 1 amide bonds. The normalized spacial score (nSPS) is 16.4. The molecule has 0 atom stereocenters. The van der Waals surface area contributed by atoms with Crippen LogP contribution < -0.4 is 10.6 Å². The van der Waals surface area contributed by atoms with Gasteiger partial charge in [0.15, 0.2) is 0 Å². The predicted molar refractivity (Wildman–Crippen MR) is 146 cm³/mol. The lowest BCUT2D eigenvalue weighted by Crippen LogP contribution is -2.29. The lowest BCUT2D eigenvalue weighted by molar-refractivity contribution is -0.384. The van der Waals surface area contributed by atoms with Crippen molar-refractivity contribution in [2.45, 2.75) is 25.8 Å². The third kappa shape index (κ3) is 5.28. The lowest BCUT2D eigenvalue weighted by Gasteiger charge is -2.26. The Morgan fingerprint density at radius 2 is 1.68 bits per heavy atom. The zero-order chi connectivity index (χ0) is 26.6. The van der Waals surface area contributed by atoms with Gasteiger partial charge in [-0.2, -0.15) is 0 Å². The molecule has 2 aliphatic heterocycles. The van der Waals surface area contributed by atoms with E-state index in [9.17, 15) is 19.7 Å². The summed E-state index contributed by atoms with van der Waals surface area (Å²) in [5.74, 6) is -0.843.